The van der Waals surface area contributed by atoms with Crippen LogP contribution < -0.4 is 10.1 Å². The zero-order chi connectivity index (χ0) is 17.5. The number of hydrogen-bond acceptors (Lipinski definition) is 5. The molecule has 6 heteroatoms. The molecule has 1 aromatic carbocycles. The fourth-order valence-electron chi connectivity index (χ4n) is 2.66. The highest BCUT2D eigenvalue weighted by Gasteiger charge is 2.40. The number of carbonyl (C=O) groups excluding carboxylic acids is 1. The standard InChI is InChI=1S/C18H19N3O2S/c1-3-4-9-24-18-14(11-20)16(13(10-19)17(22)21-18)12-7-5-6-8-15(12)23-2/h5-8,13,16H,3-4,9H2,1-2H3,(H,21,22)/t13-,16-/m0/s1. The molecule has 1 N–H and O–H groups in total. The minimum absolute atomic E-state index is 0.369. The number of unbranched alkanes of at least 4 members (excludes halogenated alkanes) is 1. The number of nitrogens with zero attached hydrogens (tertiary/aromatic N) is 2. The maximum absolute atomic E-state index is 12.4. The predicted molar refractivity (Wildman–Crippen MR) is 93.0 cm³/mol. The summed E-state index contributed by atoms with van der Waals surface area (Å²) in [6.45, 7) is 2.09. The fourth-order valence-corrected chi connectivity index (χ4v) is 3.80. The largest absolute Gasteiger partial charge is 0.496 e. The van der Waals surface area contributed by atoms with Gasteiger partial charge in [-0.15, -0.1) is 11.8 Å². The number of methoxy groups -OCH3 is 1. The third kappa shape index (κ3) is 3.55. The number of hydrogen-bond donors (Lipinski definition) is 1. The number of para-hydroxylation sites is 1. The molecule has 1 amide bonds. The first kappa shape index (κ1) is 17.9. The topological polar surface area (TPSA) is 85.9 Å². The van der Waals surface area contributed by atoms with Crippen LogP contribution in [0.15, 0.2) is 34.9 Å². The third-order valence-corrected chi connectivity index (χ3v) is 4.99. The van der Waals surface area contributed by atoms with Crippen molar-refractivity contribution in [2.75, 3.05) is 12.9 Å². The van der Waals surface area contributed by atoms with E-state index in [1.807, 2.05) is 18.2 Å². The summed E-state index contributed by atoms with van der Waals surface area (Å²) < 4.78 is 5.37. The van der Waals surface area contributed by atoms with Crippen LogP contribution >= 0.6 is 11.8 Å². The van der Waals surface area contributed by atoms with Gasteiger partial charge in [0.25, 0.3) is 0 Å². The first-order valence-electron chi connectivity index (χ1n) is 7.78. The van der Waals surface area contributed by atoms with Gasteiger partial charge in [-0.3, -0.25) is 4.79 Å². The molecule has 0 saturated carbocycles. The molecule has 1 aliphatic rings. The molecular formula is C18H19N3O2S. The molecule has 1 aliphatic heterocycles. The van der Waals surface area contributed by atoms with Gasteiger partial charge in [-0.05, 0) is 18.2 Å². The normalized spacial score (nSPS) is 20.1. The van der Waals surface area contributed by atoms with E-state index in [1.54, 1.807) is 12.1 Å². The lowest BCUT2D eigenvalue weighted by molar-refractivity contribution is -0.123. The summed E-state index contributed by atoms with van der Waals surface area (Å²) >= 11 is 1.46. The molecule has 5 nitrogen and oxygen atoms in total. The molecule has 0 aliphatic carbocycles. The number of thioether (sulfide) groups is 1. The summed E-state index contributed by atoms with van der Waals surface area (Å²) in [5.74, 6) is -0.553. The van der Waals surface area contributed by atoms with Crippen LogP contribution in [0.25, 0.3) is 0 Å². The maximum atomic E-state index is 12.4. The summed E-state index contributed by atoms with van der Waals surface area (Å²) in [4.78, 5) is 12.4. The monoisotopic (exact) mass is 341 g/mol. The van der Waals surface area contributed by atoms with Crippen LogP contribution in [-0.2, 0) is 4.79 Å². The second kappa shape index (κ2) is 8.42. The van der Waals surface area contributed by atoms with Gasteiger partial charge in [-0.25, -0.2) is 0 Å². The van der Waals surface area contributed by atoms with E-state index in [4.69, 9.17) is 4.74 Å². The Kier molecular flexibility index (Phi) is 6.28. The Morgan fingerprint density at radius 2 is 2.08 bits per heavy atom. The van der Waals surface area contributed by atoms with Gasteiger partial charge in [0.1, 0.15) is 11.7 Å². The van der Waals surface area contributed by atoms with Crippen molar-refractivity contribution in [3.8, 4) is 17.9 Å². The Hall–Kier alpha value is -2.44. The minimum Gasteiger partial charge on any atom is -0.496 e. The van der Waals surface area contributed by atoms with Gasteiger partial charge in [0, 0.05) is 5.56 Å². The van der Waals surface area contributed by atoms with Crippen molar-refractivity contribution in [3.63, 3.8) is 0 Å². The molecule has 1 aromatic rings. The van der Waals surface area contributed by atoms with Crippen molar-refractivity contribution in [1.82, 2.24) is 5.32 Å². The SMILES string of the molecule is CCCCSC1=C(C#N)[C@@H](c2ccccc2OC)[C@H](C#N)C(=O)N1. The molecule has 2 atom stereocenters. The average molecular weight is 341 g/mol. The van der Waals surface area contributed by atoms with Crippen LogP contribution in [0.2, 0.25) is 0 Å². The summed E-state index contributed by atoms with van der Waals surface area (Å²) in [6, 6.07) is 11.5. The molecule has 0 spiro atoms. The zero-order valence-corrected chi connectivity index (χ0v) is 14.5. The summed E-state index contributed by atoms with van der Waals surface area (Å²) in [7, 11) is 1.54. The molecule has 1 heterocycles. The Morgan fingerprint density at radius 1 is 1.33 bits per heavy atom. The quantitative estimate of drug-likeness (QED) is 0.802. The van der Waals surface area contributed by atoms with E-state index in [9.17, 15) is 15.3 Å². The third-order valence-electron chi connectivity index (χ3n) is 3.89. The molecule has 0 aromatic heterocycles. The van der Waals surface area contributed by atoms with E-state index in [-0.39, 0.29) is 5.91 Å². The van der Waals surface area contributed by atoms with Crippen molar-refractivity contribution in [3.05, 3.63) is 40.4 Å². The molecule has 0 radical (unpaired) electrons. The highest BCUT2D eigenvalue weighted by atomic mass is 32.2. The molecule has 0 bridgehead atoms. The van der Waals surface area contributed by atoms with Crippen molar-refractivity contribution in [2.24, 2.45) is 5.92 Å². The molecule has 24 heavy (non-hydrogen) atoms. The van der Waals surface area contributed by atoms with Gasteiger partial charge < -0.3 is 10.1 Å². The van der Waals surface area contributed by atoms with E-state index in [0.717, 1.165) is 18.6 Å². The maximum Gasteiger partial charge on any atom is 0.243 e. The number of nitriles is 2. The number of rotatable bonds is 6. The second-order valence-corrected chi connectivity index (χ2v) is 6.48. The van der Waals surface area contributed by atoms with Gasteiger partial charge in [0.05, 0.1) is 35.8 Å². The van der Waals surface area contributed by atoms with Gasteiger partial charge in [-0.1, -0.05) is 31.5 Å². The van der Waals surface area contributed by atoms with Crippen LogP contribution in [0.1, 0.15) is 31.2 Å². The van der Waals surface area contributed by atoms with Crippen LogP contribution in [0.3, 0.4) is 0 Å². The lowest BCUT2D eigenvalue weighted by atomic mass is 9.79. The Morgan fingerprint density at radius 3 is 2.71 bits per heavy atom. The number of ether oxygens (including phenoxy) is 1. The molecular weight excluding hydrogens is 322 g/mol. The number of allylic oxidation sites excluding steroid dienone is 1. The van der Waals surface area contributed by atoms with Crippen LogP contribution in [0, 0.1) is 28.6 Å². The second-order valence-electron chi connectivity index (χ2n) is 5.37. The van der Waals surface area contributed by atoms with Gasteiger partial charge in [0.2, 0.25) is 5.91 Å². The fraction of sp³-hybridized carbons (Fsp3) is 0.389. The van der Waals surface area contributed by atoms with Crippen molar-refractivity contribution >= 4 is 17.7 Å². The van der Waals surface area contributed by atoms with Gasteiger partial charge in [-0.2, -0.15) is 10.5 Å². The van der Waals surface area contributed by atoms with Gasteiger partial charge >= 0.3 is 0 Å². The van der Waals surface area contributed by atoms with E-state index in [0.29, 0.717) is 21.9 Å². The van der Waals surface area contributed by atoms with Crippen molar-refractivity contribution in [2.45, 2.75) is 25.7 Å². The number of benzene rings is 1. The van der Waals surface area contributed by atoms with E-state index < -0.39 is 11.8 Å². The van der Waals surface area contributed by atoms with E-state index in [2.05, 4.69) is 18.3 Å². The van der Waals surface area contributed by atoms with Crippen LogP contribution in [0.4, 0.5) is 0 Å². The average Bonchev–Trinajstić information content (AvgIpc) is 2.61. The zero-order valence-electron chi connectivity index (χ0n) is 13.7. The number of amides is 1. The Balaban J connectivity index is 2.54. The summed E-state index contributed by atoms with van der Waals surface area (Å²) in [5, 5.41) is 22.5. The van der Waals surface area contributed by atoms with Crippen molar-refractivity contribution < 1.29 is 9.53 Å². The molecule has 2 rings (SSSR count). The van der Waals surface area contributed by atoms with Gasteiger partial charge in [0.15, 0.2) is 0 Å². The summed E-state index contributed by atoms with van der Waals surface area (Å²) in [5.41, 5.74) is 1.11. The summed E-state index contributed by atoms with van der Waals surface area (Å²) in [6.07, 6.45) is 2.02. The first-order chi connectivity index (χ1) is 11.7. The predicted octanol–water partition coefficient (Wildman–Crippen LogP) is 3.32. The lowest BCUT2D eigenvalue weighted by Gasteiger charge is -2.29. The van der Waals surface area contributed by atoms with Crippen LogP contribution in [0.5, 0.6) is 5.75 Å². The highest BCUT2D eigenvalue weighted by Crippen LogP contribution is 2.42. The first-order valence-corrected chi connectivity index (χ1v) is 8.76. The van der Waals surface area contributed by atoms with Crippen LogP contribution in [-0.4, -0.2) is 18.8 Å². The van der Waals surface area contributed by atoms with Crippen molar-refractivity contribution in [1.29, 1.82) is 10.5 Å². The lowest BCUT2D eigenvalue weighted by Crippen LogP contribution is -2.39. The molecule has 0 saturated heterocycles. The smallest absolute Gasteiger partial charge is 0.243 e. The van der Waals surface area contributed by atoms with E-state index >= 15 is 0 Å². The molecule has 124 valence electrons. The number of carbonyl (C=O) groups is 1. The molecule has 0 fully saturated rings. The Bertz CT molecular complexity index is 731. The molecule has 0 unspecified atom stereocenters. The minimum atomic E-state index is -0.952. The number of nitrogens with one attached hydrogen (secondary N) is 1. The van der Waals surface area contributed by atoms with E-state index in [1.165, 1.54) is 18.9 Å². The Labute approximate surface area is 146 Å². The highest BCUT2D eigenvalue weighted by molar-refractivity contribution is 8.03.